The smallest absolute Gasteiger partial charge is 0.252 e. The van der Waals surface area contributed by atoms with Gasteiger partial charge in [0.05, 0.1) is 23.0 Å². The standard InChI is InChI=1S/C17H20N6O2.C5H10.C2H6/c1-10-13(16(18)24)8-20-17(21-10)22-11-2-3-14-15(6-11)25-9-12-7-19-4-5-23(12)14;1-2-5-3-4-5;1-2/h2-3,6,8,12,19H,4-5,7,9H2,1H3,(H2,18,24)(H,20,21,22);5H,2-4H2,1H3;1-2H3/t12-;;/m1../s1. The zero-order valence-corrected chi connectivity index (χ0v) is 19.6. The summed E-state index contributed by atoms with van der Waals surface area (Å²) in [7, 11) is 0. The van der Waals surface area contributed by atoms with Crippen LogP contribution in [0.3, 0.4) is 0 Å². The number of ether oxygens (including phenoxy) is 1. The number of rotatable bonds is 4. The summed E-state index contributed by atoms with van der Waals surface area (Å²) < 4.78 is 5.92. The van der Waals surface area contributed by atoms with E-state index in [1.54, 1.807) is 6.92 Å². The summed E-state index contributed by atoms with van der Waals surface area (Å²) in [5, 5.41) is 6.54. The molecule has 1 amide bonds. The van der Waals surface area contributed by atoms with E-state index < -0.39 is 5.91 Å². The largest absolute Gasteiger partial charge is 0.489 e. The molecule has 32 heavy (non-hydrogen) atoms. The van der Waals surface area contributed by atoms with Crippen molar-refractivity contribution >= 4 is 23.2 Å². The van der Waals surface area contributed by atoms with Gasteiger partial charge in [-0.15, -0.1) is 0 Å². The maximum Gasteiger partial charge on any atom is 0.252 e. The first-order valence-electron chi connectivity index (χ1n) is 11.7. The third-order valence-electron chi connectivity index (χ3n) is 5.83. The summed E-state index contributed by atoms with van der Waals surface area (Å²) in [4.78, 5) is 22.1. The van der Waals surface area contributed by atoms with Gasteiger partial charge in [0.15, 0.2) is 0 Å². The fraction of sp³-hybridized carbons (Fsp3) is 0.542. The molecule has 1 saturated heterocycles. The molecule has 1 aliphatic carbocycles. The van der Waals surface area contributed by atoms with Crippen LogP contribution >= 0.6 is 0 Å². The van der Waals surface area contributed by atoms with Crippen LogP contribution in [0.25, 0.3) is 0 Å². The van der Waals surface area contributed by atoms with Crippen molar-refractivity contribution in [3.63, 3.8) is 0 Å². The minimum Gasteiger partial charge on any atom is -0.489 e. The van der Waals surface area contributed by atoms with Gasteiger partial charge in [0, 0.05) is 37.6 Å². The number of piperazine rings is 1. The molecule has 174 valence electrons. The van der Waals surface area contributed by atoms with E-state index in [0.29, 0.717) is 29.9 Å². The van der Waals surface area contributed by atoms with Crippen LogP contribution in [0.1, 0.15) is 56.1 Å². The van der Waals surface area contributed by atoms with E-state index in [9.17, 15) is 4.79 Å². The second-order valence-electron chi connectivity index (χ2n) is 8.08. The zero-order chi connectivity index (χ0) is 23.1. The molecule has 1 atom stereocenters. The second kappa shape index (κ2) is 11.1. The zero-order valence-electron chi connectivity index (χ0n) is 19.6. The molecule has 8 nitrogen and oxygen atoms in total. The quantitative estimate of drug-likeness (QED) is 0.667. The second-order valence-corrected chi connectivity index (χ2v) is 8.08. The van der Waals surface area contributed by atoms with Gasteiger partial charge in [-0.1, -0.05) is 40.0 Å². The highest BCUT2D eigenvalue weighted by Crippen LogP contribution is 2.37. The lowest BCUT2D eigenvalue weighted by atomic mass is 10.1. The van der Waals surface area contributed by atoms with E-state index in [4.69, 9.17) is 10.5 Å². The molecule has 1 aromatic carbocycles. The van der Waals surface area contributed by atoms with E-state index >= 15 is 0 Å². The van der Waals surface area contributed by atoms with E-state index in [1.165, 1.54) is 25.5 Å². The number of hydrogen-bond donors (Lipinski definition) is 3. The van der Waals surface area contributed by atoms with Crippen LogP contribution in [-0.2, 0) is 0 Å². The van der Waals surface area contributed by atoms with Crippen LogP contribution in [0.4, 0.5) is 17.3 Å². The van der Waals surface area contributed by atoms with Gasteiger partial charge in [-0.3, -0.25) is 4.79 Å². The molecule has 2 aromatic rings. The Balaban J connectivity index is 0.000000359. The Hall–Kier alpha value is -2.87. The summed E-state index contributed by atoms with van der Waals surface area (Å²) in [6.45, 7) is 11.6. The number of nitrogens with one attached hydrogen (secondary N) is 2. The molecule has 2 aliphatic heterocycles. The molecule has 4 N–H and O–H groups in total. The van der Waals surface area contributed by atoms with Gasteiger partial charge in [0.1, 0.15) is 12.4 Å². The number of anilines is 3. The molecule has 0 bridgehead atoms. The van der Waals surface area contributed by atoms with Gasteiger partial charge in [-0.2, -0.15) is 0 Å². The van der Waals surface area contributed by atoms with Crippen molar-refractivity contribution in [2.75, 3.05) is 36.5 Å². The molecule has 0 spiro atoms. The van der Waals surface area contributed by atoms with Gasteiger partial charge >= 0.3 is 0 Å². The third kappa shape index (κ3) is 5.88. The predicted molar refractivity (Wildman–Crippen MR) is 129 cm³/mol. The van der Waals surface area contributed by atoms with Crippen molar-refractivity contribution in [3.8, 4) is 5.75 Å². The molecule has 2 fully saturated rings. The van der Waals surface area contributed by atoms with Crippen LogP contribution in [-0.4, -0.2) is 48.2 Å². The summed E-state index contributed by atoms with van der Waals surface area (Å²) in [6.07, 6.45) is 5.88. The van der Waals surface area contributed by atoms with Crippen LogP contribution < -0.4 is 26.0 Å². The predicted octanol–water partition coefficient (Wildman–Crippen LogP) is 3.63. The summed E-state index contributed by atoms with van der Waals surface area (Å²) in [6, 6.07) is 6.37. The normalized spacial score (nSPS) is 18.5. The van der Waals surface area contributed by atoms with Crippen LogP contribution in [0, 0.1) is 12.8 Å². The van der Waals surface area contributed by atoms with E-state index in [0.717, 1.165) is 42.7 Å². The molecule has 8 heteroatoms. The molecule has 1 saturated carbocycles. The van der Waals surface area contributed by atoms with Crippen molar-refractivity contribution in [1.82, 2.24) is 15.3 Å². The number of aromatic nitrogens is 2. The fourth-order valence-electron chi connectivity index (χ4n) is 3.78. The van der Waals surface area contributed by atoms with Crippen molar-refractivity contribution in [3.05, 3.63) is 35.7 Å². The Morgan fingerprint density at radius 1 is 1.34 bits per heavy atom. The maximum atomic E-state index is 11.3. The molecule has 0 radical (unpaired) electrons. The average Bonchev–Trinajstić information content (AvgIpc) is 3.65. The first-order chi connectivity index (χ1) is 15.5. The summed E-state index contributed by atoms with van der Waals surface area (Å²) in [5.74, 6) is 1.87. The van der Waals surface area contributed by atoms with Crippen molar-refractivity contribution in [1.29, 1.82) is 0 Å². The molecule has 3 heterocycles. The fourth-order valence-corrected chi connectivity index (χ4v) is 3.78. The summed E-state index contributed by atoms with van der Waals surface area (Å²) >= 11 is 0. The topological polar surface area (TPSA) is 105 Å². The first kappa shape index (κ1) is 23.8. The highest BCUT2D eigenvalue weighted by atomic mass is 16.5. The Bertz CT molecular complexity index is 915. The monoisotopic (exact) mass is 440 g/mol. The van der Waals surface area contributed by atoms with E-state index in [2.05, 4.69) is 38.5 Å². The molecule has 1 aromatic heterocycles. The number of benzene rings is 1. The molecule has 5 rings (SSSR count). The molecular weight excluding hydrogens is 404 g/mol. The van der Waals surface area contributed by atoms with E-state index in [-0.39, 0.29) is 0 Å². The summed E-state index contributed by atoms with van der Waals surface area (Å²) in [5.41, 5.74) is 8.10. The van der Waals surface area contributed by atoms with Crippen molar-refractivity contribution in [2.24, 2.45) is 11.7 Å². The minimum atomic E-state index is -0.531. The number of nitrogens with zero attached hydrogens (tertiary/aromatic N) is 3. The van der Waals surface area contributed by atoms with Gasteiger partial charge in [-0.05, 0) is 25.0 Å². The number of primary amides is 1. The number of nitrogens with two attached hydrogens (primary N) is 1. The average molecular weight is 441 g/mol. The van der Waals surface area contributed by atoms with Crippen molar-refractivity contribution in [2.45, 2.75) is 53.0 Å². The molecular formula is C24H36N6O2. The lowest BCUT2D eigenvalue weighted by Crippen LogP contribution is -2.55. The Morgan fingerprint density at radius 2 is 2.12 bits per heavy atom. The number of carbonyl (C=O) groups is 1. The molecule has 3 aliphatic rings. The lowest BCUT2D eigenvalue weighted by Gasteiger charge is -2.42. The van der Waals surface area contributed by atoms with Crippen molar-refractivity contribution < 1.29 is 9.53 Å². The Morgan fingerprint density at radius 3 is 2.75 bits per heavy atom. The maximum absolute atomic E-state index is 11.3. The third-order valence-corrected chi connectivity index (χ3v) is 5.83. The van der Waals surface area contributed by atoms with Crippen LogP contribution in [0.15, 0.2) is 24.4 Å². The number of carbonyl (C=O) groups excluding carboxylic acids is 1. The van der Waals surface area contributed by atoms with Crippen LogP contribution in [0.5, 0.6) is 5.75 Å². The van der Waals surface area contributed by atoms with Gasteiger partial charge < -0.3 is 26.0 Å². The lowest BCUT2D eigenvalue weighted by molar-refractivity contribution is 0.0999. The minimum absolute atomic E-state index is 0.323. The highest BCUT2D eigenvalue weighted by Gasteiger charge is 2.29. The van der Waals surface area contributed by atoms with Crippen LogP contribution in [0.2, 0.25) is 0 Å². The van der Waals surface area contributed by atoms with Gasteiger partial charge in [-0.25, -0.2) is 9.97 Å². The van der Waals surface area contributed by atoms with Gasteiger partial charge in [0.2, 0.25) is 5.95 Å². The number of fused-ring (bicyclic) bond motifs is 3. The number of hydrogen-bond acceptors (Lipinski definition) is 7. The Kier molecular flexibility index (Phi) is 8.27. The number of aryl methyl sites for hydroxylation is 1. The van der Waals surface area contributed by atoms with E-state index in [1.807, 2.05) is 26.0 Å². The molecule has 0 unspecified atom stereocenters. The highest BCUT2D eigenvalue weighted by molar-refractivity contribution is 5.93. The van der Waals surface area contributed by atoms with Gasteiger partial charge in [0.25, 0.3) is 5.91 Å². The SMILES string of the molecule is CC.CCC1CC1.Cc1nc(Nc2ccc3c(c2)OC[C@H]2CNCCN32)ncc1C(N)=O. The Labute approximate surface area is 191 Å². The first-order valence-corrected chi connectivity index (χ1v) is 11.7. The number of amides is 1.